The van der Waals surface area contributed by atoms with Crippen LogP contribution in [0.2, 0.25) is 0 Å². The van der Waals surface area contributed by atoms with Crippen LogP contribution in [0.25, 0.3) is 0 Å². The molecule has 0 fully saturated rings. The molecule has 0 spiro atoms. The van der Waals surface area contributed by atoms with E-state index in [1.54, 1.807) is 12.1 Å². The van der Waals surface area contributed by atoms with Gasteiger partial charge in [0, 0.05) is 26.8 Å². The highest BCUT2D eigenvalue weighted by Crippen LogP contribution is 2.19. The molecule has 0 bridgehead atoms. The smallest absolute Gasteiger partial charge is 0.422 e. The van der Waals surface area contributed by atoms with Crippen LogP contribution in [0.3, 0.4) is 0 Å². The highest BCUT2D eigenvalue weighted by atomic mass is 127. The zero-order valence-electron chi connectivity index (χ0n) is 18.4. The average Bonchev–Trinajstić information content (AvgIpc) is 3.06. The summed E-state index contributed by atoms with van der Waals surface area (Å²) in [6, 6.07) is 6.38. The molecule has 0 unspecified atom stereocenters. The third-order valence-corrected chi connectivity index (χ3v) is 4.30. The molecule has 12 heteroatoms. The predicted molar refractivity (Wildman–Crippen MR) is 126 cm³/mol. The topological polar surface area (TPSA) is 85.6 Å². The Morgan fingerprint density at radius 1 is 1.16 bits per heavy atom. The van der Waals surface area contributed by atoms with Crippen LogP contribution < -0.4 is 15.4 Å². The van der Waals surface area contributed by atoms with Gasteiger partial charge in [0.1, 0.15) is 11.6 Å². The number of nitrogens with one attached hydrogen (secondary N) is 2. The van der Waals surface area contributed by atoms with Crippen molar-refractivity contribution in [3.8, 4) is 5.75 Å². The molecule has 0 radical (unpaired) electrons. The SMILES string of the molecule is CCOCCCNC(=NCc1ccc(OCC(F)(F)F)cc1)NCc1nnc(C)n1C.I. The van der Waals surface area contributed by atoms with Gasteiger partial charge >= 0.3 is 6.18 Å². The van der Waals surface area contributed by atoms with Crippen LogP contribution in [-0.4, -0.2) is 53.3 Å². The van der Waals surface area contributed by atoms with Gasteiger partial charge in [-0.2, -0.15) is 13.2 Å². The van der Waals surface area contributed by atoms with E-state index in [2.05, 4.69) is 25.8 Å². The van der Waals surface area contributed by atoms with Gasteiger partial charge in [-0.05, 0) is 38.0 Å². The highest BCUT2D eigenvalue weighted by molar-refractivity contribution is 14.0. The molecule has 180 valence electrons. The number of aromatic nitrogens is 3. The third-order valence-electron chi connectivity index (χ3n) is 4.30. The van der Waals surface area contributed by atoms with Gasteiger partial charge in [-0.1, -0.05) is 12.1 Å². The van der Waals surface area contributed by atoms with Gasteiger partial charge in [-0.15, -0.1) is 34.2 Å². The minimum absolute atomic E-state index is 0. The van der Waals surface area contributed by atoms with E-state index in [9.17, 15) is 13.2 Å². The number of rotatable bonds is 11. The van der Waals surface area contributed by atoms with E-state index in [4.69, 9.17) is 9.47 Å². The number of hydrogen-bond acceptors (Lipinski definition) is 5. The number of benzene rings is 1. The Balaban J connectivity index is 0.00000512. The maximum atomic E-state index is 12.2. The second-order valence-corrected chi connectivity index (χ2v) is 6.77. The Morgan fingerprint density at radius 3 is 2.47 bits per heavy atom. The molecular formula is C20H30F3IN6O2. The molecule has 1 heterocycles. The summed E-state index contributed by atoms with van der Waals surface area (Å²) in [6.07, 6.45) is -3.54. The van der Waals surface area contributed by atoms with E-state index in [0.717, 1.165) is 23.6 Å². The number of ether oxygens (including phenoxy) is 2. The van der Waals surface area contributed by atoms with Crippen LogP contribution in [0, 0.1) is 6.92 Å². The van der Waals surface area contributed by atoms with Crippen LogP contribution in [0.5, 0.6) is 5.75 Å². The molecule has 8 nitrogen and oxygen atoms in total. The molecule has 0 atom stereocenters. The van der Waals surface area contributed by atoms with Crippen molar-refractivity contribution in [2.45, 2.75) is 39.5 Å². The van der Waals surface area contributed by atoms with Crippen molar-refractivity contribution in [1.29, 1.82) is 0 Å². The number of nitrogens with zero attached hydrogens (tertiary/aromatic N) is 4. The van der Waals surface area contributed by atoms with Gasteiger partial charge < -0.3 is 24.7 Å². The Hall–Kier alpha value is -2.09. The fraction of sp³-hybridized carbons (Fsp3) is 0.550. The van der Waals surface area contributed by atoms with Crippen molar-refractivity contribution in [2.75, 3.05) is 26.4 Å². The summed E-state index contributed by atoms with van der Waals surface area (Å²) in [7, 11) is 1.89. The lowest BCUT2D eigenvalue weighted by Gasteiger charge is -2.13. The van der Waals surface area contributed by atoms with Crippen molar-refractivity contribution in [1.82, 2.24) is 25.4 Å². The summed E-state index contributed by atoms with van der Waals surface area (Å²) in [5.74, 6) is 2.34. The summed E-state index contributed by atoms with van der Waals surface area (Å²) in [6.45, 7) is 5.30. The monoisotopic (exact) mass is 570 g/mol. The van der Waals surface area contributed by atoms with E-state index < -0.39 is 12.8 Å². The van der Waals surface area contributed by atoms with Crippen molar-refractivity contribution < 1.29 is 22.6 Å². The molecule has 0 aliphatic carbocycles. The number of aryl methyl sites for hydroxylation is 1. The van der Waals surface area contributed by atoms with Gasteiger partial charge in [-0.3, -0.25) is 0 Å². The molecule has 0 saturated carbocycles. The van der Waals surface area contributed by atoms with Crippen LogP contribution >= 0.6 is 24.0 Å². The lowest BCUT2D eigenvalue weighted by atomic mass is 10.2. The highest BCUT2D eigenvalue weighted by Gasteiger charge is 2.28. The first-order valence-electron chi connectivity index (χ1n) is 10.0. The molecule has 2 rings (SSSR count). The van der Waals surface area contributed by atoms with Gasteiger partial charge in [-0.25, -0.2) is 4.99 Å². The van der Waals surface area contributed by atoms with E-state index in [0.29, 0.717) is 38.8 Å². The second-order valence-electron chi connectivity index (χ2n) is 6.77. The zero-order valence-corrected chi connectivity index (χ0v) is 20.7. The van der Waals surface area contributed by atoms with Crippen molar-refractivity contribution in [3.63, 3.8) is 0 Å². The molecule has 0 aliphatic heterocycles. The quantitative estimate of drug-likeness (QED) is 0.187. The number of hydrogen-bond donors (Lipinski definition) is 2. The van der Waals surface area contributed by atoms with Gasteiger partial charge in [0.15, 0.2) is 18.4 Å². The van der Waals surface area contributed by atoms with Crippen LogP contribution in [-0.2, 0) is 24.9 Å². The molecule has 1 aromatic carbocycles. The first-order valence-corrected chi connectivity index (χ1v) is 10.0. The molecule has 2 aromatic rings. The number of halogens is 4. The summed E-state index contributed by atoms with van der Waals surface area (Å²) in [5, 5.41) is 14.6. The first kappa shape index (κ1) is 27.9. The Labute approximate surface area is 203 Å². The van der Waals surface area contributed by atoms with E-state index in [-0.39, 0.29) is 29.7 Å². The Morgan fingerprint density at radius 2 is 1.88 bits per heavy atom. The van der Waals surface area contributed by atoms with Crippen molar-refractivity contribution in [3.05, 3.63) is 41.5 Å². The Bertz CT molecular complexity index is 828. The van der Waals surface area contributed by atoms with E-state index >= 15 is 0 Å². The summed E-state index contributed by atoms with van der Waals surface area (Å²) >= 11 is 0. The molecule has 2 N–H and O–H groups in total. The lowest BCUT2D eigenvalue weighted by molar-refractivity contribution is -0.153. The maximum Gasteiger partial charge on any atom is 0.422 e. The molecule has 0 saturated heterocycles. The maximum absolute atomic E-state index is 12.2. The summed E-state index contributed by atoms with van der Waals surface area (Å²) in [4.78, 5) is 4.55. The normalized spacial score (nSPS) is 11.8. The van der Waals surface area contributed by atoms with Crippen LogP contribution in [0.1, 0.15) is 30.6 Å². The first-order chi connectivity index (χ1) is 14.8. The van der Waals surface area contributed by atoms with Crippen LogP contribution in [0.15, 0.2) is 29.3 Å². The fourth-order valence-corrected chi connectivity index (χ4v) is 2.49. The largest absolute Gasteiger partial charge is 0.484 e. The zero-order chi connectivity index (χ0) is 22.7. The summed E-state index contributed by atoms with van der Waals surface area (Å²) < 4.78 is 48.7. The van der Waals surface area contributed by atoms with E-state index in [1.807, 2.05) is 25.5 Å². The third kappa shape index (κ3) is 10.5. The molecule has 1 aromatic heterocycles. The molecule has 0 aliphatic rings. The van der Waals surface area contributed by atoms with Crippen molar-refractivity contribution in [2.24, 2.45) is 12.0 Å². The van der Waals surface area contributed by atoms with Gasteiger partial charge in [0.2, 0.25) is 0 Å². The molecule has 32 heavy (non-hydrogen) atoms. The predicted octanol–water partition coefficient (Wildman–Crippen LogP) is 3.34. The van der Waals surface area contributed by atoms with Gasteiger partial charge in [0.05, 0.1) is 13.1 Å². The van der Waals surface area contributed by atoms with Crippen molar-refractivity contribution >= 4 is 29.9 Å². The van der Waals surface area contributed by atoms with E-state index in [1.165, 1.54) is 12.1 Å². The fourth-order valence-electron chi connectivity index (χ4n) is 2.49. The second kappa shape index (κ2) is 14.1. The molecule has 0 amide bonds. The average molecular weight is 570 g/mol. The minimum Gasteiger partial charge on any atom is -0.484 e. The number of aliphatic imine (C=N–C) groups is 1. The minimum atomic E-state index is -4.36. The number of alkyl halides is 3. The summed E-state index contributed by atoms with van der Waals surface area (Å²) in [5.41, 5.74) is 0.837. The Kier molecular flexibility index (Phi) is 12.3. The number of guanidine groups is 1. The standard InChI is InChI=1S/C20H29F3N6O2.HI/c1-4-30-11-5-10-24-19(26-13-18-28-27-15(2)29(18)3)25-12-16-6-8-17(9-7-16)31-14-20(21,22)23;/h6-9H,4-5,10-14H2,1-3H3,(H2,24,25,26);1H. The lowest BCUT2D eigenvalue weighted by Crippen LogP contribution is -2.38. The molecular weight excluding hydrogens is 540 g/mol. The van der Waals surface area contributed by atoms with Crippen LogP contribution in [0.4, 0.5) is 13.2 Å². The van der Waals surface area contributed by atoms with Gasteiger partial charge in [0.25, 0.3) is 0 Å².